The first-order valence-corrected chi connectivity index (χ1v) is 8.43. The van der Waals surface area contributed by atoms with Crippen LogP contribution in [0.15, 0.2) is 11.4 Å². The predicted octanol–water partition coefficient (Wildman–Crippen LogP) is 3.13. The van der Waals surface area contributed by atoms with Crippen molar-refractivity contribution >= 4 is 17.2 Å². The van der Waals surface area contributed by atoms with Gasteiger partial charge in [0.2, 0.25) is 0 Å². The zero-order valence-electron chi connectivity index (χ0n) is 12.8. The highest BCUT2D eigenvalue weighted by Gasteiger charge is 2.30. The number of amides is 1. The van der Waals surface area contributed by atoms with Crippen molar-refractivity contribution in [1.82, 2.24) is 4.90 Å². The second-order valence-electron chi connectivity index (χ2n) is 5.93. The molecule has 2 rings (SSSR count). The first-order chi connectivity index (χ1) is 10.1. The van der Waals surface area contributed by atoms with Crippen molar-refractivity contribution in [3.8, 4) is 11.8 Å². The molecule has 0 atom stereocenters. The summed E-state index contributed by atoms with van der Waals surface area (Å²) in [5.41, 5.74) is 1.14. The molecule has 0 aliphatic carbocycles. The molecule has 1 amide bonds. The van der Waals surface area contributed by atoms with E-state index in [9.17, 15) is 4.79 Å². The van der Waals surface area contributed by atoms with Crippen molar-refractivity contribution in [2.45, 2.75) is 39.5 Å². The van der Waals surface area contributed by atoms with Crippen molar-refractivity contribution < 1.29 is 9.90 Å². The van der Waals surface area contributed by atoms with Crippen LogP contribution in [-0.2, 0) is 0 Å². The Labute approximate surface area is 131 Å². The minimum Gasteiger partial charge on any atom is -0.395 e. The van der Waals surface area contributed by atoms with E-state index in [1.807, 2.05) is 16.3 Å². The van der Waals surface area contributed by atoms with Crippen molar-refractivity contribution in [2.75, 3.05) is 19.7 Å². The molecule has 3 nitrogen and oxygen atoms in total. The third kappa shape index (κ3) is 4.09. The van der Waals surface area contributed by atoms with Gasteiger partial charge >= 0.3 is 0 Å². The monoisotopic (exact) mass is 305 g/mol. The van der Waals surface area contributed by atoms with Crippen LogP contribution in [-0.4, -0.2) is 35.6 Å². The number of nitrogens with zero attached hydrogens (tertiary/aromatic N) is 1. The van der Waals surface area contributed by atoms with Crippen LogP contribution >= 0.6 is 11.3 Å². The molecule has 114 valence electrons. The van der Waals surface area contributed by atoms with Crippen LogP contribution in [0.5, 0.6) is 0 Å². The topological polar surface area (TPSA) is 40.5 Å². The fourth-order valence-corrected chi connectivity index (χ4v) is 3.25. The third-order valence-corrected chi connectivity index (χ3v) is 5.25. The van der Waals surface area contributed by atoms with Gasteiger partial charge in [-0.15, -0.1) is 11.3 Å². The number of thiophene rings is 1. The van der Waals surface area contributed by atoms with E-state index in [1.54, 1.807) is 0 Å². The summed E-state index contributed by atoms with van der Waals surface area (Å²) in [6, 6.07) is 1.87. The Balaban J connectivity index is 1.97. The van der Waals surface area contributed by atoms with Gasteiger partial charge in [-0.3, -0.25) is 4.79 Å². The highest BCUT2D eigenvalue weighted by Crippen LogP contribution is 2.34. The van der Waals surface area contributed by atoms with E-state index < -0.39 is 0 Å². The van der Waals surface area contributed by atoms with Crippen LogP contribution < -0.4 is 0 Å². The number of likely N-dealkylation sites (tertiary alicyclic amines) is 1. The normalized spacial score (nSPS) is 17.2. The zero-order chi connectivity index (χ0) is 15.3. The average Bonchev–Trinajstić information content (AvgIpc) is 2.96. The SMILES string of the molecule is CCC1(C)CCN(C(=O)c2csc(C#CCCO)c2)CC1. The molecule has 1 N–H and O–H groups in total. The maximum absolute atomic E-state index is 12.5. The summed E-state index contributed by atoms with van der Waals surface area (Å²) in [7, 11) is 0. The molecular weight excluding hydrogens is 282 g/mol. The van der Waals surface area contributed by atoms with Crippen LogP contribution in [0.25, 0.3) is 0 Å². The Hall–Kier alpha value is -1.31. The molecule has 1 aliphatic heterocycles. The standard InChI is InChI=1S/C17H23NO2S/c1-3-17(2)7-9-18(10-8-17)16(20)14-12-15(21-13-14)6-4-5-11-19/h12-13,19H,3,5,7-11H2,1-2H3. The first-order valence-electron chi connectivity index (χ1n) is 7.55. The highest BCUT2D eigenvalue weighted by atomic mass is 32.1. The fraction of sp³-hybridized carbons (Fsp3) is 0.588. The number of hydrogen-bond acceptors (Lipinski definition) is 3. The second-order valence-corrected chi connectivity index (χ2v) is 6.84. The quantitative estimate of drug-likeness (QED) is 0.872. The molecule has 0 spiro atoms. The van der Waals surface area contributed by atoms with Crippen molar-refractivity contribution in [3.05, 3.63) is 21.9 Å². The number of rotatable bonds is 3. The number of hydrogen-bond donors (Lipinski definition) is 1. The lowest BCUT2D eigenvalue weighted by Gasteiger charge is -2.38. The Morgan fingerprint density at radius 2 is 2.19 bits per heavy atom. The summed E-state index contributed by atoms with van der Waals surface area (Å²) in [5.74, 6) is 6.00. The second kappa shape index (κ2) is 7.11. The number of aliphatic hydroxyl groups excluding tert-OH is 1. The van der Waals surface area contributed by atoms with E-state index in [1.165, 1.54) is 17.8 Å². The first kappa shape index (κ1) is 16.1. The van der Waals surface area contributed by atoms with Crippen LogP contribution in [0, 0.1) is 17.3 Å². The zero-order valence-corrected chi connectivity index (χ0v) is 13.6. The lowest BCUT2D eigenvalue weighted by molar-refractivity contribution is 0.0601. The maximum Gasteiger partial charge on any atom is 0.254 e. The van der Waals surface area contributed by atoms with E-state index >= 15 is 0 Å². The van der Waals surface area contributed by atoms with E-state index in [2.05, 4.69) is 25.7 Å². The lowest BCUT2D eigenvalue weighted by atomic mass is 9.78. The molecule has 1 aromatic rings. The molecule has 0 radical (unpaired) electrons. The predicted molar refractivity (Wildman–Crippen MR) is 86.4 cm³/mol. The van der Waals surface area contributed by atoms with Crippen molar-refractivity contribution in [2.24, 2.45) is 5.41 Å². The number of piperidine rings is 1. The van der Waals surface area contributed by atoms with Crippen LogP contribution in [0.4, 0.5) is 0 Å². The summed E-state index contributed by atoms with van der Waals surface area (Å²) < 4.78 is 0. The molecule has 21 heavy (non-hydrogen) atoms. The van der Waals surface area contributed by atoms with E-state index in [0.29, 0.717) is 11.8 Å². The number of aliphatic hydroxyl groups is 1. The highest BCUT2D eigenvalue weighted by molar-refractivity contribution is 7.10. The van der Waals surface area contributed by atoms with Crippen LogP contribution in [0.3, 0.4) is 0 Å². The average molecular weight is 305 g/mol. The van der Waals surface area contributed by atoms with Crippen molar-refractivity contribution in [1.29, 1.82) is 0 Å². The van der Waals surface area contributed by atoms with E-state index in [0.717, 1.165) is 36.4 Å². The molecule has 1 fully saturated rings. The number of carbonyl (C=O) groups excluding carboxylic acids is 1. The van der Waals surface area contributed by atoms with Crippen LogP contribution in [0.2, 0.25) is 0 Å². The van der Waals surface area contributed by atoms with Gasteiger partial charge in [-0.25, -0.2) is 0 Å². The minimum atomic E-state index is 0.0775. The molecule has 1 aliphatic rings. The summed E-state index contributed by atoms with van der Waals surface area (Å²) >= 11 is 1.49. The molecule has 1 saturated heterocycles. The Bertz CT molecular complexity index is 545. The maximum atomic E-state index is 12.5. The Morgan fingerprint density at radius 3 is 2.81 bits per heavy atom. The molecule has 0 unspecified atom stereocenters. The molecule has 0 bridgehead atoms. The summed E-state index contributed by atoms with van der Waals surface area (Å²) in [4.78, 5) is 15.3. The Kier molecular flexibility index (Phi) is 5.44. The van der Waals surface area contributed by atoms with Gasteiger partial charge in [0.1, 0.15) is 0 Å². The van der Waals surface area contributed by atoms with Gasteiger partial charge in [0.25, 0.3) is 5.91 Å². The lowest BCUT2D eigenvalue weighted by Crippen LogP contribution is -2.41. The van der Waals surface area contributed by atoms with Gasteiger partial charge in [-0.05, 0) is 24.3 Å². The fourth-order valence-electron chi connectivity index (χ4n) is 2.51. The Morgan fingerprint density at radius 1 is 1.48 bits per heavy atom. The molecule has 0 aromatic carbocycles. The molecule has 0 saturated carbocycles. The van der Waals surface area contributed by atoms with Gasteiger partial charge in [0.05, 0.1) is 17.0 Å². The summed E-state index contributed by atoms with van der Waals surface area (Å²) in [5, 5.41) is 10.6. The van der Waals surface area contributed by atoms with Crippen LogP contribution in [0.1, 0.15) is 54.8 Å². The summed E-state index contributed by atoms with van der Waals surface area (Å²) in [6.07, 6.45) is 3.83. The van der Waals surface area contributed by atoms with Gasteiger partial charge in [0.15, 0.2) is 0 Å². The van der Waals surface area contributed by atoms with Gasteiger partial charge in [0, 0.05) is 24.9 Å². The van der Waals surface area contributed by atoms with Gasteiger partial charge in [-0.1, -0.05) is 32.1 Å². The van der Waals surface area contributed by atoms with E-state index in [-0.39, 0.29) is 12.5 Å². The molecule has 4 heteroatoms. The largest absolute Gasteiger partial charge is 0.395 e. The van der Waals surface area contributed by atoms with Gasteiger partial charge in [-0.2, -0.15) is 0 Å². The van der Waals surface area contributed by atoms with E-state index in [4.69, 9.17) is 5.11 Å². The molecular formula is C17H23NO2S. The summed E-state index contributed by atoms with van der Waals surface area (Å²) in [6.45, 7) is 6.32. The molecule has 1 aromatic heterocycles. The smallest absolute Gasteiger partial charge is 0.254 e. The number of carbonyl (C=O) groups is 1. The van der Waals surface area contributed by atoms with Gasteiger partial charge < -0.3 is 10.0 Å². The third-order valence-electron chi connectivity index (χ3n) is 4.41. The molecule has 2 heterocycles. The van der Waals surface area contributed by atoms with Crippen molar-refractivity contribution in [3.63, 3.8) is 0 Å². The minimum absolute atomic E-state index is 0.0775.